The van der Waals surface area contributed by atoms with E-state index in [1.165, 1.54) is 12.0 Å². The van der Waals surface area contributed by atoms with Crippen LogP contribution in [-0.2, 0) is 9.53 Å². The van der Waals surface area contributed by atoms with Crippen molar-refractivity contribution in [3.05, 3.63) is 30.3 Å². The zero-order valence-electron chi connectivity index (χ0n) is 16.2. The zero-order valence-corrected chi connectivity index (χ0v) is 16.2. The molecule has 0 unspecified atom stereocenters. The highest BCUT2D eigenvalue weighted by Crippen LogP contribution is 2.31. The van der Waals surface area contributed by atoms with Crippen molar-refractivity contribution >= 4 is 23.3 Å². The Hall–Kier alpha value is -2.50. The SMILES string of the molecule is C=C(C)c1cc(OC)ccc1N(CC(=O)N1[C@@H](C)CC[C@@H]1C)C(=O)OC. The molecule has 1 aromatic rings. The van der Waals surface area contributed by atoms with E-state index < -0.39 is 6.09 Å². The van der Waals surface area contributed by atoms with Gasteiger partial charge in [0.1, 0.15) is 12.3 Å². The highest BCUT2D eigenvalue weighted by molar-refractivity contribution is 5.97. The second-order valence-electron chi connectivity index (χ2n) is 6.80. The smallest absolute Gasteiger partial charge is 0.414 e. The Bertz CT molecular complexity index is 691. The summed E-state index contributed by atoms with van der Waals surface area (Å²) in [6.07, 6.45) is 1.38. The van der Waals surface area contributed by atoms with Crippen LogP contribution in [0.5, 0.6) is 5.75 Å². The van der Waals surface area contributed by atoms with Crippen LogP contribution < -0.4 is 9.64 Å². The van der Waals surface area contributed by atoms with Crippen molar-refractivity contribution in [3.63, 3.8) is 0 Å². The van der Waals surface area contributed by atoms with Crippen LogP contribution in [0.4, 0.5) is 10.5 Å². The Morgan fingerprint density at radius 1 is 1.23 bits per heavy atom. The number of ether oxygens (including phenoxy) is 2. The number of nitrogens with zero attached hydrogens (tertiary/aromatic N) is 2. The fourth-order valence-corrected chi connectivity index (χ4v) is 3.48. The lowest BCUT2D eigenvalue weighted by Crippen LogP contribution is -2.46. The Kier molecular flexibility index (Phi) is 6.29. The number of likely N-dealkylation sites (tertiary alicyclic amines) is 1. The van der Waals surface area contributed by atoms with Gasteiger partial charge < -0.3 is 14.4 Å². The number of hydrogen-bond acceptors (Lipinski definition) is 4. The summed E-state index contributed by atoms with van der Waals surface area (Å²) in [6.45, 7) is 9.83. The molecule has 142 valence electrons. The highest BCUT2D eigenvalue weighted by Gasteiger charge is 2.33. The van der Waals surface area contributed by atoms with Gasteiger partial charge in [0.25, 0.3) is 0 Å². The average molecular weight is 360 g/mol. The van der Waals surface area contributed by atoms with Crippen molar-refractivity contribution in [1.82, 2.24) is 4.90 Å². The molecule has 0 spiro atoms. The molecule has 1 fully saturated rings. The van der Waals surface area contributed by atoms with Gasteiger partial charge in [-0.15, -0.1) is 0 Å². The van der Waals surface area contributed by atoms with Crippen LogP contribution in [0, 0.1) is 0 Å². The first kappa shape index (κ1) is 19.8. The molecular formula is C20H28N2O4. The minimum absolute atomic E-state index is 0.0754. The summed E-state index contributed by atoms with van der Waals surface area (Å²) >= 11 is 0. The van der Waals surface area contributed by atoms with Crippen LogP contribution in [0.1, 0.15) is 39.2 Å². The topological polar surface area (TPSA) is 59.1 Å². The lowest BCUT2D eigenvalue weighted by atomic mass is 10.1. The Labute approximate surface area is 155 Å². The van der Waals surface area contributed by atoms with Crippen molar-refractivity contribution in [2.24, 2.45) is 0 Å². The van der Waals surface area contributed by atoms with E-state index in [2.05, 4.69) is 6.58 Å². The maximum Gasteiger partial charge on any atom is 0.414 e. The molecule has 6 nitrogen and oxygen atoms in total. The summed E-state index contributed by atoms with van der Waals surface area (Å²) in [5, 5.41) is 0. The summed E-state index contributed by atoms with van der Waals surface area (Å²) in [6, 6.07) is 5.66. The minimum atomic E-state index is -0.578. The monoisotopic (exact) mass is 360 g/mol. The molecule has 2 rings (SSSR count). The molecule has 1 aliphatic rings. The fourth-order valence-electron chi connectivity index (χ4n) is 3.48. The quantitative estimate of drug-likeness (QED) is 0.803. The molecule has 0 aromatic heterocycles. The fraction of sp³-hybridized carbons (Fsp3) is 0.500. The van der Waals surface area contributed by atoms with Crippen LogP contribution in [0.3, 0.4) is 0 Å². The van der Waals surface area contributed by atoms with Crippen LogP contribution in [0.2, 0.25) is 0 Å². The second kappa shape index (κ2) is 8.25. The van der Waals surface area contributed by atoms with E-state index in [4.69, 9.17) is 9.47 Å². The molecule has 1 heterocycles. The highest BCUT2D eigenvalue weighted by atomic mass is 16.5. The average Bonchev–Trinajstić information content (AvgIpc) is 2.96. The first-order valence-electron chi connectivity index (χ1n) is 8.80. The molecular weight excluding hydrogens is 332 g/mol. The van der Waals surface area contributed by atoms with Gasteiger partial charge in [-0.05, 0) is 57.4 Å². The number of anilines is 1. The third kappa shape index (κ3) is 4.00. The second-order valence-corrected chi connectivity index (χ2v) is 6.80. The summed E-state index contributed by atoms with van der Waals surface area (Å²) in [5.74, 6) is 0.570. The standard InChI is InChI=1S/C20H28N2O4/c1-13(2)17-11-16(25-5)9-10-18(17)21(20(24)26-6)12-19(23)22-14(3)7-8-15(22)4/h9-11,14-15H,1,7-8,12H2,2-6H3/t14-,15-/m0/s1. The van der Waals surface area contributed by atoms with Crippen molar-refractivity contribution < 1.29 is 19.1 Å². The number of methoxy groups -OCH3 is 2. The third-order valence-electron chi connectivity index (χ3n) is 4.88. The van der Waals surface area contributed by atoms with Gasteiger partial charge in [-0.3, -0.25) is 9.69 Å². The van der Waals surface area contributed by atoms with E-state index in [9.17, 15) is 9.59 Å². The first-order chi connectivity index (χ1) is 12.3. The maximum atomic E-state index is 12.9. The van der Waals surface area contributed by atoms with Crippen molar-refractivity contribution in [1.29, 1.82) is 0 Å². The van der Waals surface area contributed by atoms with E-state index in [1.54, 1.807) is 25.3 Å². The Balaban J connectivity index is 2.38. The third-order valence-corrected chi connectivity index (χ3v) is 4.88. The molecule has 0 bridgehead atoms. The molecule has 0 aliphatic carbocycles. The van der Waals surface area contributed by atoms with Crippen LogP contribution in [0.25, 0.3) is 5.57 Å². The molecule has 1 saturated heterocycles. The van der Waals surface area contributed by atoms with Gasteiger partial charge in [-0.25, -0.2) is 4.79 Å². The Morgan fingerprint density at radius 3 is 2.35 bits per heavy atom. The van der Waals surface area contributed by atoms with Gasteiger partial charge >= 0.3 is 6.09 Å². The van der Waals surface area contributed by atoms with Gasteiger partial charge in [0, 0.05) is 17.6 Å². The summed E-state index contributed by atoms with van der Waals surface area (Å²) in [7, 11) is 2.89. The number of benzene rings is 1. The number of amides is 2. The van der Waals surface area contributed by atoms with Crippen molar-refractivity contribution in [2.75, 3.05) is 25.7 Å². The summed E-state index contributed by atoms with van der Waals surface area (Å²) < 4.78 is 10.2. The zero-order chi connectivity index (χ0) is 19.4. The lowest BCUT2D eigenvalue weighted by molar-refractivity contribution is -0.131. The van der Waals surface area contributed by atoms with Gasteiger partial charge in [0.2, 0.25) is 5.91 Å². The molecule has 2 amide bonds. The summed E-state index contributed by atoms with van der Waals surface area (Å²) in [4.78, 5) is 28.6. The van der Waals surface area contributed by atoms with Gasteiger partial charge in [0.05, 0.1) is 19.9 Å². The first-order valence-corrected chi connectivity index (χ1v) is 8.80. The van der Waals surface area contributed by atoms with Crippen LogP contribution in [0.15, 0.2) is 24.8 Å². The normalized spacial score (nSPS) is 19.2. The lowest BCUT2D eigenvalue weighted by Gasteiger charge is -2.30. The van der Waals surface area contributed by atoms with E-state index in [1.807, 2.05) is 25.7 Å². The predicted octanol–water partition coefficient (Wildman–Crippen LogP) is 3.70. The van der Waals surface area contributed by atoms with E-state index in [0.717, 1.165) is 24.0 Å². The molecule has 26 heavy (non-hydrogen) atoms. The molecule has 0 radical (unpaired) electrons. The molecule has 1 aliphatic heterocycles. The summed E-state index contributed by atoms with van der Waals surface area (Å²) in [5.41, 5.74) is 2.09. The molecule has 0 N–H and O–H groups in total. The molecule has 6 heteroatoms. The van der Waals surface area contributed by atoms with Gasteiger partial charge in [-0.1, -0.05) is 6.58 Å². The van der Waals surface area contributed by atoms with E-state index in [-0.39, 0.29) is 24.5 Å². The molecule has 2 atom stereocenters. The van der Waals surface area contributed by atoms with Crippen molar-refractivity contribution in [3.8, 4) is 5.75 Å². The number of hydrogen-bond donors (Lipinski definition) is 0. The number of rotatable bonds is 5. The predicted molar refractivity (Wildman–Crippen MR) is 102 cm³/mol. The molecule has 0 saturated carbocycles. The van der Waals surface area contributed by atoms with E-state index >= 15 is 0 Å². The number of allylic oxidation sites excluding steroid dienone is 1. The maximum absolute atomic E-state index is 12.9. The Morgan fingerprint density at radius 2 is 1.85 bits per heavy atom. The van der Waals surface area contributed by atoms with Crippen molar-refractivity contribution in [2.45, 2.75) is 45.7 Å². The van der Waals surface area contributed by atoms with Gasteiger partial charge in [-0.2, -0.15) is 0 Å². The van der Waals surface area contributed by atoms with Gasteiger partial charge in [0.15, 0.2) is 0 Å². The van der Waals surface area contributed by atoms with Crippen LogP contribution in [-0.4, -0.2) is 49.7 Å². The van der Waals surface area contributed by atoms with E-state index in [0.29, 0.717) is 11.4 Å². The van der Waals surface area contributed by atoms with Crippen LogP contribution >= 0.6 is 0 Å². The number of carbonyl (C=O) groups is 2. The number of carbonyl (C=O) groups excluding carboxylic acids is 2. The largest absolute Gasteiger partial charge is 0.497 e. The molecule has 1 aromatic carbocycles. The minimum Gasteiger partial charge on any atom is -0.497 e.